The van der Waals surface area contributed by atoms with Crippen LogP contribution in [-0.4, -0.2) is 6.54 Å². The molecule has 1 unspecified atom stereocenters. The van der Waals surface area contributed by atoms with Crippen molar-refractivity contribution in [2.24, 2.45) is 0 Å². The first-order chi connectivity index (χ1) is 8.69. The van der Waals surface area contributed by atoms with Crippen LogP contribution in [0.15, 0.2) is 45.5 Å². The van der Waals surface area contributed by atoms with Crippen LogP contribution in [0.25, 0.3) is 0 Å². The molecule has 18 heavy (non-hydrogen) atoms. The van der Waals surface area contributed by atoms with E-state index >= 15 is 0 Å². The second-order valence-corrected chi connectivity index (χ2v) is 5.01. The predicted octanol–water partition coefficient (Wildman–Crippen LogP) is 4.07. The van der Waals surface area contributed by atoms with E-state index in [9.17, 15) is 4.39 Å². The quantitative estimate of drug-likeness (QED) is 0.900. The first-order valence-electron chi connectivity index (χ1n) is 5.90. The number of hydrogen-bond acceptors (Lipinski definition) is 2. The smallest absolute Gasteiger partial charge is 0.124 e. The molecule has 0 saturated heterocycles. The van der Waals surface area contributed by atoms with E-state index in [0.717, 1.165) is 22.3 Å². The summed E-state index contributed by atoms with van der Waals surface area (Å²) in [6, 6.07) is 8.78. The Morgan fingerprint density at radius 1 is 1.39 bits per heavy atom. The number of rotatable bonds is 5. The van der Waals surface area contributed by atoms with Crippen molar-refractivity contribution < 1.29 is 8.81 Å². The largest absolute Gasteiger partial charge is 0.469 e. The van der Waals surface area contributed by atoms with Gasteiger partial charge in [0.25, 0.3) is 0 Å². The van der Waals surface area contributed by atoms with E-state index in [2.05, 4.69) is 21.2 Å². The highest BCUT2D eigenvalue weighted by atomic mass is 79.9. The Kier molecular flexibility index (Phi) is 4.55. The van der Waals surface area contributed by atoms with Crippen molar-refractivity contribution in [1.29, 1.82) is 0 Å². The summed E-state index contributed by atoms with van der Waals surface area (Å²) >= 11 is 3.32. The zero-order valence-corrected chi connectivity index (χ0v) is 11.7. The van der Waals surface area contributed by atoms with E-state index in [1.54, 1.807) is 12.3 Å². The molecule has 0 aliphatic rings. The average Bonchev–Trinajstić information content (AvgIpc) is 2.80. The highest BCUT2D eigenvalue weighted by Gasteiger charge is 2.14. The SMILES string of the molecule is CCNC(Cc1ccco1)c1cc(F)cc(Br)c1. The molecule has 0 radical (unpaired) electrons. The van der Waals surface area contributed by atoms with Gasteiger partial charge in [-0.05, 0) is 42.4 Å². The highest BCUT2D eigenvalue weighted by Crippen LogP contribution is 2.23. The molecule has 96 valence electrons. The molecule has 0 aliphatic heterocycles. The molecule has 0 aliphatic carbocycles. The Morgan fingerprint density at radius 3 is 2.83 bits per heavy atom. The van der Waals surface area contributed by atoms with Gasteiger partial charge in [0, 0.05) is 16.9 Å². The Hall–Kier alpha value is -1.13. The van der Waals surface area contributed by atoms with E-state index in [1.165, 1.54) is 6.07 Å². The molecule has 1 N–H and O–H groups in total. The van der Waals surface area contributed by atoms with Gasteiger partial charge < -0.3 is 9.73 Å². The van der Waals surface area contributed by atoms with E-state index < -0.39 is 0 Å². The van der Waals surface area contributed by atoms with Crippen LogP contribution in [0, 0.1) is 5.82 Å². The summed E-state index contributed by atoms with van der Waals surface area (Å²) in [6.07, 6.45) is 2.36. The van der Waals surface area contributed by atoms with Crippen LogP contribution in [0.3, 0.4) is 0 Å². The summed E-state index contributed by atoms with van der Waals surface area (Å²) in [7, 11) is 0. The van der Waals surface area contributed by atoms with Gasteiger partial charge in [0.05, 0.1) is 6.26 Å². The first kappa shape index (κ1) is 13.3. The zero-order chi connectivity index (χ0) is 13.0. The second-order valence-electron chi connectivity index (χ2n) is 4.10. The van der Waals surface area contributed by atoms with Crippen molar-refractivity contribution in [1.82, 2.24) is 5.32 Å². The predicted molar refractivity (Wildman–Crippen MR) is 72.9 cm³/mol. The highest BCUT2D eigenvalue weighted by molar-refractivity contribution is 9.10. The Labute approximate surface area is 114 Å². The Balaban J connectivity index is 2.23. The summed E-state index contributed by atoms with van der Waals surface area (Å²) in [5, 5.41) is 3.34. The fourth-order valence-corrected chi connectivity index (χ4v) is 2.44. The van der Waals surface area contributed by atoms with Crippen molar-refractivity contribution in [3.8, 4) is 0 Å². The minimum absolute atomic E-state index is 0.0492. The van der Waals surface area contributed by atoms with Gasteiger partial charge in [0.2, 0.25) is 0 Å². The molecule has 1 heterocycles. The number of halogens is 2. The summed E-state index contributed by atoms with van der Waals surface area (Å²) in [5.74, 6) is 0.656. The topological polar surface area (TPSA) is 25.2 Å². The van der Waals surface area contributed by atoms with Crippen molar-refractivity contribution in [2.45, 2.75) is 19.4 Å². The molecular formula is C14H15BrFNO. The van der Waals surface area contributed by atoms with Crippen LogP contribution in [0.2, 0.25) is 0 Å². The number of benzene rings is 1. The van der Waals surface area contributed by atoms with Crippen molar-refractivity contribution in [3.05, 3.63) is 58.2 Å². The fourth-order valence-electron chi connectivity index (χ4n) is 1.96. The molecule has 0 fully saturated rings. The molecule has 0 amide bonds. The van der Waals surface area contributed by atoms with Gasteiger partial charge in [-0.3, -0.25) is 0 Å². The molecule has 2 rings (SSSR count). The maximum Gasteiger partial charge on any atom is 0.124 e. The molecule has 0 spiro atoms. The van der Waals surface area contributed by atoms with Gasteiger partial charge in [-0.2, -0.15) is 0 Å². The number of nitrogens with one attached hydrogen (secondary N) is 1. The van der Waals surface area contributed by atoms with Gasteiger partial charge in [-0.15, -0.1) is 0 Å². The maximum atomic E-state index is 13.4. The summed E-state index contributed by atoms with van der Waals surface area (Å²) < 4.78 is 19.5. The van der Waals surface area contributed by atoms with Crippen LogP contribution >= 0.6 is 15.9 Å². The Morgan fingerprint density at radius 2 is 2.22 bits per heavy atom. The lowest BCUT2D eigenvalue weighted by Crippen LogP contribution is -2.23. The first-order valence-corrected chi connectivity index (χ1v) is 6.70. The molecule has 2 nitrogen and oxygen atoms in total. The lowest BCUT2D eigenvalue weighted by molar-refractivity contribution is 0.453. The monoisotopic (exact) mass is 311 g/mol. The fraction of sp³-hybridized carbons (Fsp3) is 0.286. The third kappa shape index (κ3) is 3.43. The van der Waals surface area contributed by atoms with Crippen LogP contribution in [-0.2, 0) is 6.42 Å². The minimum Gasteiger partial charge on any atom is -0.469 e. The van der Waals surface area contributed by atoms with Gasteiger partial charge in [0.1, 0.15) is 11.6 Å². The van der Waals surface area contributed by atoms with E-state index in [4.69, 9.17) is 4.42 Å². The number of hydrogen-bond donors (Lipinski definition) is 1. The lowest BCUT2D eigenvalue weighted by Gasteiger charge is -2.17. The Bertz CT molecular complexity index is 478. The van der Waals surface area contributed by atoms with Gasteiger partial charge >= 0.3 is 0 Å². The third-order valence-corrected chi connectivity index (χ3v) is 3.18. The number of likely N-dealkylation sites (N-methyl/N-ethyl adjacent to an activating group) is 1. The van der Waals surface area contributed by atoms with Crippen molar-refractivity contribution in [2.75, 3.05) is 6.54 Å². The molecule has 2 aromatic rings. The van der Waals surface area contributed by atoms with Crippen LogP contribution in [0.5, 0.6) is 0 Å². The minimum atomic E-state index is -0.235. The van der Waals surface area contributed by atoms with Crippen LogP contribution in [0.1, 0.15) is 24.3 Å². The molecule has 1 atom stereocenters. The van der Waals surface area contributed by atoms with E-state index in [-0.39, 0.29) is 11.9 Å². The van der Waals surface area contributed by atoms with E-state index in [0.29, 0.717) is 6.42 Å². The standard InChI is InChI=1S/C14H15BrFNO/c1-2-17-14(9-13-4-3-5-18-13)10-6-11(15)8-12(16)7-10/h3-8,14,17H,2,9H2,1H3. The zero-order valence-electron chi connectivity index (χ0n) is 10.1. The van der Waals surface area contributed by atoms with Gasteiger partial charge in [0.15, 0.2) is 0 Å². The van der Waals surface area contributed by atoms with Crippen LogP contribution in [0.4, 0.5) is 4.39 Å². The average molecular weight is 312 g/mol. The maximum absolute atomic E-state index is 13.4. The molecule has 1 aromatic carbocycles. The van der Waals surface area contributed by atoms with Crippen molar-refractivity contribution >= 4 is 15.9 Å². The number of furan rings is 1. The second kappa shape index (κ2) is 6.16. The summed E-state index contributed by atoms with van der Waals surface area (Å²) in [6.45, 7) is 2.85. The van der Waals surface area contributed by atoms with Gasteiger partial charge in [-0.1, -0.05) is 22.9 Å². The molecule has 0 bridgehead atoms. The lowest BCUT2D eigenvalue weighted by atomic mass is 10.0. The summed E-state index contributed by atoms with van der Waals surface area (Å²) in [4.78, 5) is 0. The molecule has 4 heteroatoms. The normalized spacial score (nSPS) is 12.6. The molecular weight excluding hydrogens is 297 g/mol. The molecule has 1 aromatic heterocycles. The van der Waals surface area contributed by atoms with Gasteiger partial charge in [-0.25, -0.2) is 4.39 Å². The third-order valence-electron chi connectivity index (χ3n) is 2.72. The van der Waals surface area contributed by atoms with Crippen LogP contribution < -0.4 is 5.32 Å². The van der Waals surface area contributed by atoms with E-state index in [1.807, 2.05) is 25.1 Å². The summed E-state index contributed by atoms with van der Waals surface area (Å²) in [5.41, 5.74) is 0.917. The van der Waals surface area contributed by atoms with Crippen molar-refractivity contribution in [3.63, 3.8) is 0 Å². The molecule has 0 saturated carbocycles.